The van der Waals surface area contributed by atoms with Crippen LogP contribution in [0, 0.1) is 5.92 Å². The average Bonchev–Trinajstić information content (AvgIpc) is 2.57. The largest absolute Gasteiger partial charge is 0.457 e. The van der Waals surface area contributed by atoms with Crippen LogP contribution in [0.2, 0.25) is 0 Å². The second-order valence-electron chi connectivity index (χ2n) is 6.25. The van der Waals surface area contributed by atoms with Crippen LogP contribution in [0.15, 0.2) is 48.5 Å². The van der Waals surface area contributed by atoms with E-state index in [4.69, 9.17) is 4.74 Å². The van der Waals surface area contributed by atoms with E-state index in [0.717, 1.165) is 11.1 Å². The zero-order valence-corrected chi connectivity index (χ0v) is 13.7. The van der Waals surface area contributed by atoms with Crippen LogP contribution in [0.4, 0.5) is 0 Å². The van der Waals surface area contributed by atoms with E-state index in [-0.39, 0.29) is 17.7 Å². The predicted molar refractivity (Wildman–Crippen MR) is 90.5 cm³/mol. The molecule has 1 heterocycles. The molecule has 0 spiro atoms. The van der Waals surface area contributed by atoms with Crippen molar-refractivity contribution in [1.82, 2.24) is 10.9 Å². The van der Waals surface area contributed by atoms with Gasteiger partial charge in [-0.3, -0.25) is 20.4 Å². The van der Waals surface area contributed by atoms with Gasteiger partial charge >= 0.3 is 0 Å². The first kappa shape index (κ1) is 16.1. The number of amides is 2. The molecule has 0 aliphatic carbocycles. The first-order valence-electron chi connectivity index (χ1n) is 8.00. The molecular formula is C19H20N2O3. The Bertz CT molecular complexity index is 725. The summed E-state index contributed by atoms with van der Waals surface area (Å²) in [4.78, 5) is 24.5. The van der Waals surface area contributed by atoms with Crippen molar-refractivity contribution < 1.29 is 14.3 Å². The van der Waals surface area contributed by atoms with E-state index < -0.39 is 5.92 Å². The lowest BCUT2D eigenvalue weighted by molar-refractivity contribution is -0.129. The number of fused-ring (bicyclic) bond motifs is 2. The standard InChI is InChI=1S/C19H20N2O3/c1-12(2)11-17(22)20-21-19(23)18-13-7-3-5-9-15(13)24-16-10-6-4-8-14(16)18/h3-10,12,18H,11H2,1-2H3,(H,20,22)(H,21,23). The summed E-state index contributed by atoms with van der Waals surface area (Å²) < 4.78 is 5.87. The summed E-state index contributed by atoms with van der Waals surface area (Å²) in [6, 6.07) is 14.9. The minimum absolute atomic E-state index is 0.202. The van der Waals surface area contributed by atoms with Crippen LogP contribution < -0.4 is 15.6 Å². The van der Waals surface area contributed by atoms with Crippen molar-refractivity contribution in [3.8, 4) is 11.5 Å². The van der Waals surface area contributed by atoms with Crippen LogP contribution in [-0.4, -0.2) is 11.8 Å². The maximum atomic E-state index is 12.7. The van der Waals surface area contributed by atoms with Crippen molar-refractivity contribution in [3.05, 3.63) is 59.7 Å². The lowest BCUT2D eigenvalue weighted by Gasteiger charge is -2.27. The van der Waals surface area contributed by atoms with Gasteiger partial charge < -0.3 is 4.74 Å². The highest BCUT2D eigenvalue weighted by atomic mass is 16.5. The van der Waals surface area contributed by atoms with Crippen LogP contribution in [0.25, 0.3) is 0 Å². The highest BCUT2D eigenvalue weighted by Crippen LogP contribution is 2.43. The molecule has 2 N–H and O–H groups in total. The van der Waals surface area contributed by atoms with E-state index in [1.54, 1.807) is 0 Å². The van der Waals surface area contributed by atoms with Crippen molar-refractivity contribution in [2.75, 3.05) is 0 Å². The molecule has 0 radical (unpaired) electrons. The monoisotopic (exact) mass is 324 g/mol. The third-order valence-corrected chi connectivity index (χ3v) is 3.86. The lowest BCUT2D eigenvalue weighted by Crippen LogP contribution is -2.44. The Labute approximate surface area is 141 Å². The molecule has 3 rings (SSSR count). The van der Waals surface area contributed by atoms with Crippen LogP contribution in [0.3, 0.4) is 0 Å². The van der Waals surface area contributed by atoms with Crippen molar-refractivity contribution in [2.24, 2.45) is 5.92 Å². The fourth-order valence-corrected chi connectivity index (χ4v) is 2.82. The average molecular weight is 324 g/mol. The third kappa shape index (κ3) is 3.25. The number of benzene rings is 2. The fourth-order valence-electron chi connectivity index (χ4n) is 2.82. The normalized spacial score (nSPS) is 12.8. The Balaban J connectivity index is 1.84. The third-order valence-electron chi connectivity index (χ3n) is 3.86. The number of ether oxygens (including phenoxy) is 1. The maximum absolute atomic E-state index is 12.7. The molecule has 0 aromatic heterocycles. The highest BCUT2D eigenvalue weighted by molar-refractivity contribution is 5.91. The SMILES string of the molecule is CC(C)CC(=O)NNC(=O)C1c2ccccc2Oc2ccccc21. The van der Waals surface area contributed by atoms with Crippen molar-refractivity contribution in [1.29, 1.82) is 0 Å². The zero-order valence-electron chi connectivity index (χ0n) is 13.7. The molecule has 2 aromatic carbocycles. The molecule has 0 atom stereocenters. The van der Waals surface area contributed by atoms with E-state index in [1.165, 1.54) is 0 Å². The highest BCUT2D eigenvalue weighted by Gasteiger charge is 2.32. The fraction of sp³-hybridized carbons (Fsp3) is 0.263. The Kier molecular flexibility index (Phi) is 4.51. The number of hydrogen-bond donors (Lipinski definition) is 2. The number of rotatable bonds is 3. The number of nitrogens with one attached hydrogen (secondary N) is 2. The summed E-state index contributed by atoms with van der Waals surface area (Å²) in [5.41, 5.74) is 6.61. The van der Waals surface area contributed by atoms with Crippen LogP contribution in [-0.2, 0) is 9.59 Å². The van der Waals surface area contributed by atoms with Crippen molar-refractivity contribution in [2.45, 2.75) is 26.2 Å². The summed E-state index contributed by atoms with van der Waals surface area (Å²) in [5, 5.41) is 0. The van der Waals surface area contributed by atoms with E-state index >= 15 is 0 Å². The second kappa shape index (κ2) is 6.74. The summed E-state index contributed by atoms with van der Waals surface area (Å²) in [6.07, 6.45) is 0.362. The molecule has 24 heavy (non-hydrogen) atoms. The Morgan fingerprint density at radius 3 is 2.04 bits per heavy atom. The topological polar surface area (TPSA) is 67.4 Å². The molecule has 2 aromatic rings. The van der Waals surface area contributed by atoms with Gasteiger partial charge in [0.15, 0.2) is 0 Å². The number of para-hydroxylation sites is 2. The van der Waals surface area contributed by atoms with Gasteiger partial charge in [-0.15, -0.1) is 0 Å². The molecule has 5 heteroatoms. The molecule has 2 amide bonds. The quantitative estimate of drug-likeness (QED) is 0.853. The Morgan fingerprint density at radius 2 is 1.50 bits per heavy atom. The maximum Gasteiger partial charge on any atom is 0.250 e. The summed E-state index contributed by atoms with van der Waals surface area (Å²) in [5.74, 6) is 0.536. The van der Waals surface area contributed by atoms with Gasteiger partial charge in [0.25, 0.3) is 5.91 Å². The minimum atomic E-state index is -0.523. The number of hydrogen-bond acceptors (Lipinski definition) is 3. The van der Waals surface area contributed by atoms with E-state index in [0.29, 0.717) is 17.9 Å². The van der Waals surface area contributed by atoms with Gasteiger partial charge in [0.2, 0.25) is 5.91 Å². The summed E-state index contributed by atoms with van der Waals surface area (Å²) >= 11 is 0. The van der Waals surface area contributed by atoms with Gasteiger partial charge in [-0.1, -0.05) is 50.2 Å². The molecule has 1 aliphatic heterocycles. The molecule has 0 saturated heterocycles. The smallest absolute Gasteiger partial charge is 0.250 e. The van der Waals surface area contributed by atoms with E-state index in [9.17, 15) is 9.59 Å². The number of hydrazine groups is 1. The Hall–Kier alpha value is -2.82. The van der Waals surface area contributed by atoms with Gasteiger partial charge in [-0.25, -0.2) is 0 Å². The van der Waals surface area contributed by atoms with Gasteiger partial charge in [0, 0.05) is 17.5 Å². The molecule has 0 fully saturated rings. The Morgan fingerprint density at radius 1 is 0.958 bits per heavy atom. The second-order valence-corrected chi connectivity index (χ2v) is 6.25. The number of carbonyl (C=O) groups excluding carboxylic acids is 2. The predicted octanol–water partition coefficient (Wildman–Crippen LogP) is 3.12. The molecule has 0 bridgehead atoms. The van der Waals surface area contributed by atoms with Crippen molar-refractivity contribution >= 4 is 11.8 Å². The lowest BCUT2D eigenvalue weighted by atomic mass is 9.87. The number of carbonyl (C=O) groups is 2. The van der Waals surface area contributed by atoms with Gasteiger partial charge in [0.1, 0.15) is 11.5 Å². The molecule has 0 unspecified atom stereocenters. The molecule has 124 valence electrons. The molecular weight excluding hydrogens is 304 g/mol. The van der Waals surface area contributed by atoms with Crippen LogP contribution in [0.1, 0.15) is 37.3 Å². The molecule has 1 aliphatic rings. The van der Waals surface area contributed by atoms with Crippen molar-refractivity contribution in [3.63, 3.8) is 0 Å². The summed E-state index contributed by atoms with van der Waals surface area (Å²) in [6.45, 7) is 3.90. The first-order chi connectivity index (χ1) is 11.6. The zero-order chi connectivity index (χ0) is 17.1. The van der Waals surface area contributed by atoms with Crippen LogP contribution >= 0.6 is 0 Å². The van der Waals surface area contributed by atoms with Gasteiger partial charge in [-0.05, 0) is 18.1 Å². The van der Waals surface area contributed by atoms with E-state index in [1.807, 2.05) is 62.4 Å². The van der Waals surface area contributed by atoms with E-state index in [2.05, 4.69) is 10.9 Å². The van der Waals surface area contributed by atoms with Crippen LogP contribution in [0.5, 0.6) is 11.5 Å². The van der Waals surface area contributed by atoms with Gasteiger partial charge in [-0.2, -0.15) is 0 Å². The molecule has 0 saturated carbocycles. The van der Waals surface area contributed by atoms with Gasteiger partial charge in [0.05, 0.1) is 5.92 Å². The minimum Gasteiger partial charge on any atom is -0.457 e. The first-order valence-corrected chi connectivity index (χ1v) is 8.00. The molecule has 5 nitrogen and oxygen atoms in total. The summed E-state index contributed by atoms with van der Waals surface area (Å²) in [7, 11) is 0.